The van der Waals surface area contributed by atoms with E-state index in [1.807, 2.05) is 12.3 Å². The van der Waals surface area contributed by atoms with E-state index < -0.39 is 23.2 Å². The van der Waals surface area contributed by atoms with E-state index in [4.69, 9.17) is 5.73 Å². The molecule has 9 nitrogen and oxygen atoms in total. The molecule has 0 fully saturated rings. The summed E-state index contributed by atoms with van der Waals surface area (Å²) in [4.78, 5) is 35.5. The lowest BCUT2D eigenvalue weighted by Crippen LogP contribution is -2.32. The van der Waals surface area contributed by atoms with Crippen molar-refractivity contribution in [1.82, 2.24) is 15.0 Å². The Morgan fingerprint density at radius 3 is 2.84 bits per heavy atom. The van der Waals surface area contributed by atoms with Gasteiger partial charge in [0.15, 0.2) is 0 Å². The SMILES string of the molecule is CCCCn1c(O)c(C=NNC(N)=O)c(=O)[nH]c1=O. The van der Waals surface area contributed by atoms with Crippen LogP contribution in [-0.2, 0) is 6.54 Å². The number of nitrogens with one attached hydrogen (secondary N) is 2. The Labute approximate surface area is 107 Å². The number of hydrogen-bond donors (Lipinski definition) is 4. The molecular formula is C10H15N5O4. The Kier molecular flexibility index (Phi) is 4.86. The highest BCUT2D eigenvalue weighted by Crippen LogP contribution is 2.08. The van der Waals surface area contributed by atoms with Crippen LogP contribution in [0.4, 0.5) is 4.79 Å². The summed E-state index contributed by atoms with van der Waals surface area (Å²) in [6.45, 7) is 2.19. The van der Waals surface area contributed by atoms with Crippen molar-refractivity contribution in [1.29, 1.82) is 0 Å². The van der Waals surface area contributed by atoms with Crippen molar-refractivity contribution in [2.45, 2.75) is 26.3 Å². The number of primary amides is 1. The van der Waals surface area contributed by atoms with Gasteiger partial charge >= 0.3 is 11.7 Å². The molecular weight excluding hydrogens is 254 g/mol. The molecule has 1 rings (SSSR count). The van der Waals surface area contributed by atoms with Gasteiger partial charge in [-0.05, 0) is 6.42 Å². The molecule has 0 saturated heterocycles. The molecule has 0 saturated carbocycles. The number of H-pyrrole nitrogens is 1. The maximum atomic E-state index is 11.5. The van der Waals surface area contributed by atoms with Gasteiger partial charge in [0.1, 0.15) is 5.56 Å². The first-order valence-corrected chi connectivity index (χ1v) is 5.62. The number of urea groups is 1. The zero-order valence-corrected chi connectivity index (χ0v) is 10.3. The van der Waals surface area contributed by atoms with Gasteiger partial charge in [-0.15, -0.1) is 0 Å². The molecule has 1 aromatic rings. The smallest absolute Gasteiger partial charge is 0.332 e. The van der Waals surface area contributed by atoms with Gasteiger partial charge in [-0.2, -0.15) is 5.10 Å². The van der Waals surface area contributed by atoms with Crippen molar-refractivity contribution in [2.24, 2.45) is 10.8 Å². The second-order valence-electron chi connectivity index (χ2n) is 3.74. The van der Waals surface area contributed by atoms with Crippen LogP contribution >= 0.6 is 0 Å². The zero-order chi connectivity index (χ0) is 14.4. The third kappa shape index (κ3) is 3.69. The van der Waals surface area contributed by atoms with Crippen LogP contribution in [0.25, 0.3) is 0 Å². The number of unbranched alkanes of at least 4 members (excludes halogenated alkanes) is 1. The summed E-state index contributed by atoms with van der Waals surface area (Å²) in [6.07, 6.45) is 2.40. The molecule has 0 spiro atoms. The molecule has 0 radical (unpaired) electrons. The number of rotatable bonds is 5. The predicted molar refractivity (Wildman–Crippen MR) is 68.2 cm³/mol. The van der Waals surface area contributed by atoms with Crippen molar-refractivity contribution in [3.8, 4) is 5.88 Å². The van der Waals surface area contributed by atoms with E-state index >= 15 is 0 Å². The lowest BCUT2D eigenvalue weighted by molar-refractivity contribution is 0.249. The summed E-state index contributed by atoms with van der Waals surface area (Å²) in [5.41, 5.74) is 4.94. The van der Waals surface area contributed by atoms with Gasteiger partial charge in [0, 0.05) is 6.54 Å². The number of carbonyl (C=O) groups excluding carboxylic acids is 1. The number of nitrogens with two attached hydrogens (primary N) is 1. The number of carbonyl (C=O) groups is 1. The number of amides is 2. The predicted octanol–water partition coefficient (Wildman–Crippen LogP) is -0.955. The molecule has 0 atom stereocenters. The van der Waals surface area contributed by atoms with Crippen LogP contribution in [0.5, 0.6) is 5.88 Å². The topological polar surface area (TPSA) is 143 Å². The first-order valence-electron chi connectivity index (χ1n) is 5.62. The first kappa shape index (κ1) is 14.5. The van der Waals surface area contributed by atoms with Crippen molar-refractivity contribution in [2.75, 3.05) is 0 Å². The Hall–Kier alpha value is -2.58. The average molecular weight is 269 g/mol. The number of hydrazone groups is 1. The van der Waals surface area contributed by atoms with Crippen LogP contribution in [0.15, 0.2) is 14.7 Å². The van der Waals surface area contributed by atoms with Crippen molar-refractivity contribution >= 4 is 12.2 Å². The van der Waals surface area contributed by atoms with E-state index in [2.05, 4.69) is 10.1 Å². The van der Waals surface area contributed by atoms with Gasteiger partial charge in [-0.3, -0.25) is 14.3 Å². The van der Waals surface area contributed by atoms with Crippen LogP contribution in [-0.4, -0.2) is 26.9 Å². The minimum absolute atomic E-state index is 0.232. The molecule has 104 valence electrons. The van der Waals surface area contributed by atoms with Gasteiger partial charge in [0.2, 0.25) is 5.88 Å². The van der Waals surface area contributed by atoms with E-state index in [9.17, 15) is 19.5 Å². The third-order valence-corrected chi connectivity index (χ3v) is 2.31. The highest BCUT2D eigenvalue weighted by Gasteiger charge is 2.12. The maximum absolute atomic E-state index is 11.5. The molecule has 19 heavy (non-hydrogen) atoms. The molecule has 2 amide bonds. The summed E-state index contributed by atoms with van der Waals surface area (Å²) in [6, 6.07) is -0.911. The Bertz CT molecular complexity index is 601. The van der Waals surface area contributed by atoms with E-state index in [-0.39, 0.29) is 12.1 Å². The van der Waals surface area contributed by atoms with Crippen molar-refractivity contribution in [3.63, 3.8) is 0 Å². The Balaban J connectivity index is 3.17. The normalized spacial score (nSPS) is 10.8. The number of hydrogen-bond acceptors (Lipinski definition) is 5. The molecule has 0 aromatic carbocycles. The van der Waals surface area contributed by atoms with Crippen molar-refractivity contribution < 1.29 is 9.90 Å². The minimum Gasteiger partial charge on any atom is -0.494 e. The summed E-state index contributed by atoms with van der Waals surface area (Å²) in [5, 5.41) is 13.2. The molecule has 0 aliphatic rings. The molecule has 0 unspecified atom stereocenters. The number of aromatic nitrogens is 2. The van der Waals surface area contributed by atoms with Gasteiger partial charge in [-0.1, -0.05) is 13.3 Å². The second kappa shape index (κ2) is 6.38. The van der Waals surface area contributed by atoms with E-state index in [1.54, 1.807) is 0 Å². The van der Waals surface area contributed by atoms with E-state index in [0.717, 1.165) is 17.2 Å². The van der Waals surface area contributed by atoms with E-state index in [1.165, 1.54) is 0 Å². The van der Waals surface area contributed by atoms with Gasteiger partial charge in [-0.25, -0.2) is 15.0 Å². The summed E-state index contributed by atoms with van der Waals surface area (Å²) >= 11 is 0. The van der Waals surface area contributed by atoms with Gasteiger partial charge in [0.25, 0.3) is 5.56 Å². The molecule has 9 heteroatoms. The fraction of sp³-hybridized carbons (Fsp3) is 0.400. The molecule has 0 aliphatic carbocycles. The van der Waals surface area contributed by atoms with E-state index in [0.29, 0.717) is 6.42 Å². The van der Waals surface area contributed by atoms with Gasteiger partial charge < -0.3 is 10.8 Å². The summed E-state index contributed by atoms with van der Waals surface area (Å²) in [5.74, 6) is -0.503. The lowest BCUT2D eigenvalue weighted by atomic mass is 10.3. The van der Waals surface area contributed by atoms with Crippen LogP contribution in [0.1, 0.15) is 25.3 Å². The summed E-state index contributed by atoms with van der Waals surface area (Å²) in [7, 11) is 0. The summed E-state index contributed by atoms with van der Waals surface area (Å²) < 4.78 is 1.02. The largest absolute Gasteiger partial charge is 0.494 e. The zero-order valence-electron chi connectivity index (χ0n) is 10.3. The number of aromatic amines is 1. The maximum Gasteiger partial charge on any atom is 0.332 e. The van der Waals surface area contributed by atoms with Crippen LogP contribution < -0.4 is 22.4 Å². The molecule has 1 aromatic heterocycles. The quantitative estimate of drug-likeness (QED) is 0.403. The monoisotopic (exact) mass is 269 g/mol. The molecule has 0 aliphatic heterocycles. The highest BCUT2D eigenvalue weighted by molar-refractivity contribution is 5.83. The fourth-order valence-electron chi connectivity index (χ4n) is 1.38. The highest BCUT2D eigenvalue weighted by atomic mass is 16.3. The average Bonchev–Trinajstić information content (AvgIpc) is 2.32. The molecule has 0 bridgehead atoms. The van der Waals surface area contributed by atoms with Crippen LogP contribution in [0.2, 0.25) is 0 Å². The first-order chi connectivity index (χ1) is 8.97. The third-order valence-electron chi connectivity index (χ3n) is 2.31. The fourth-order valence-corrected chi connectivity index (χ4v) is 1.38. The number of aromatic hydroxyl groups is 1. The Morgan fingerprint density at radius 2 is 2.26 bits per heavy atom. The Morgan fingerprint density at radius 1 is 1.58 bits per heavy atom. The standard InChI is InChI=1S/C10H15N5O4/c1-2-3-4-15-8(17)6(5-12-14-9(11)18)7(16)13-10(15)19/h5,17H,2-4H2,1H3,(H3,11,14,18)(H,13,16,19). The minimum atomic E-state index is -0.911. The molecule has 5 N–H and O–H groups in total. The lowest BCUT2D eigenvalue weighted by Gasteiger charge is -2.08. The second-order valence-corrected chi connectivity index (χ2v) is 3.74. The van der Waals surface area contributed by atoms with Gasteiger partial charge in [0.05, 0.1) is 6.21 Å². The molecule has 1 heterocycles. The van der Waals surface area contributed by atoms with Crippen molar-refractivity contribution in [3.05, 3.63) is 26.4 Å². The van der Waals surface area contributed by atoms with Crippen LogP contribution in [0, 0.1) is 0 Å². The van der Waals surface area contributed by atoms with Crippen LogP contribution in [0.3, 0.4) is 0 Å². The number of nitrogens with zero attached hydrogens (tertiary/aromatic N) is 2.